The highest BCUT2D eigenvalue weighted by Gasteiger charge is 2.13. The van der Waals surface area contributed by atoms with Crippen LogP contribution in [0, 0.1) is 0 Å². The van der Waals surface area contributed by atoms with Crippen molar-refractivity contribution in [3.63, 3.8) is 0 Å². The summed E-state index contributed by atoms with van der Waals surface area (Å²) in [5.41, 5.74) is 3.50. The standard InChI is InChI=1S/C17H11ClN2OS/c18-13-7-3-1-5-11(13)9-22-17-16-15(19-10-20-17)12-6-2-4-8-14(12)21-16/h1-8,10H,9H2. The molecule has 0 radical (unpaired) electrons. The van der Waals surface area contributed by atoms with E-state index in [9.17, 15) is 0 Å². The second-order valence-corrected chi connectivity index (χ2v) is 6.21. The largest absolute Gasteiger partial charge is 0.451 e. The van der Waals surface area contributed by atoms with Crippen molar-refractivity contribution >= 4 is 45.4 Å². The average Bonchev–Trinajstić information content (AvgIpc) is 2.93. The molecule has 0 bridgehead atoms. The van der Waals surface area contributed by atoms with Crippen LogP contribution in [0.4, 0.5) is 0 Å². The van der Waals surface area contributed by atoms with Gasteiger partial charge in [0.2, 0.25) is 0 Å². The second kappa shape index (κ2) is 5.63. The molecule has 0 spiro atoms. The Labute approximate surface area is 136 Å². The fourth-order valence-electron chi connectivity index (χ4n) is 2.37. The summed E-state index contributed by atoms with van der Waals surface area (Å²) in [6.45, 7) is 0. The lowest BCUT2D eigenvalue weighted by atomic mass is 10.2. The number of fused-ring (bicyclic) bond motifs is 3. The normalized spacial score (nSPS) is 11.3. The summed E-state index contributed by atoms with van der Waals surface area (Å²) >= 11 is 7.81. The number of hydrogen-bond acceptors (Lipinski definition) is 4. The lowest BCUT2D eigenvalue weighted by molar-refractivity contribution is 0.653. The zero-order valence-corrected chi connectivity index (χ0v) is 13.1. The maximum Gasteiger partial charge on any atom is 0.186 e. The van der Waals surface area contributed by atoms with Crippen molar-refractivity contribution in [2.24, 2.45) is 0 Å². The molecule has 22 heavy (non-hydrogen) atoms. The van der Waals surface area contributed by atoms with E-state index < -0.39 is 0 Å². The molecule has 0 aliphatic heterocycles. The van der Waals surface area contributed by atoms with Crippen molar-refractivity contribution in [2.45, 2.75) is 10.8 Å². The van der Waals surface area contributed by atoms with E-state index >= 15 is 0 Å². The maximum atomic E-state index is 6.20. The van der Waals surface area contributed by atoms with Crippen molar-refractivity contribution in [1.82, 2.24) is 9.97 Å². The van der Waals surface area contributed by atoms with Gasteiger partial charge in [-0.2, -0.15) is 0 Å². The summed E-state index contributed by atoms with van der Waals surface area (Å²) in [6, 6.07) is 15.7. The van der Waals surface area contributed by atoms with Crippen LogP contribution in [-0.4, -0.2) is 9.97 Å². The molecular weight excluding hydrogens is 316 g/mol. The minimum absolute atomic E-state index is 0.737. The van der Waals surface area contributed by atoms with Crippen molar-refractivity contribution < 1.29 is 4.42 Å². The van der Waals surface area contributed by atoms with Gasteiger partial charge < -0.3 is 4.42 Å². The van der Waals surface area contributed by atoms with Gasteiger partial charge in [0.15, 0.2) is 5.58 Å². The van der Waals surface area contributed by atoms with E-state index in [-0.39, 0.29) is 0 Å². The van der Waals surface area contributed by atoms with Crippen LogP contribution >= 0.6 is 23.4 Å². The number of benzene rings is 2. The average molecular weight is 327 g/mol. The Kier molecular flexibility index (Phi) is 3.48. The Morgan fingerprint density at radius 2 is 1.82 bits per heavy atom. The van der Waals surface area contributed by atoms with Crippen LogP contribution in [0.1, 0.15) is 5.56 Å². The highest BCUT2D eigenvalue weighted by Crippen LogP contribution is 2.34. The molecule has 0 aliphatic rings. The highest BCUT2D eigenvalue weighted by atomic mass is 35.5. The summed E-state index contributed by atoms with van der Waals surface area (Å²) in [6.07, 6.45) is 1.58. The minimum Gasteiger partial charge on any atom is -0.451 e. The van der Waals surface area contributed by atoms with E-state index in [1.165, 1.54) is 0 Å². The van der Waals surface area contributed by atoms with Gasteiger partial charge in [-0.1, -0.05) is 53.7 Å². The topological polar surface area (TPSA) is 38.9 Å². The molecule has 3 nitrogen and oxygen atoms in total. The van der Waals surface area contributed by atoms with Crippen molar-refractivity contribution in [3.8, 4) is 0 Å². The van der Waals surface area contributed by atoms with Crippen LogP contribution in [-0.2, 0) is 5.75 Å². The van der Waals surface area contributed by atoms with E-state index in [1.54, 1.807) is 18.1 Å². The fourth-order valence-corrected chi connectivity index (χ4v) is 3.58. The molecule has 0 amide bonds. The number of halogens is 1. The first-order chi connectivity index (χ1) is 10.8. The Hall–Kier alpha value is -2.04. The van der Waals surface area contributed by atoms with Crippen LogP contribution in [0.3, 0.4) is 0 Å². The summed E-state index contributed by atoms with van der Waals surface area (Å²) in [5.74, 6) is 0.739. The first kappa shape index (κ1) is 13.6. The molecule has 0 aliphatic carbocycles. The highest BCUT2D eigenvalue weighted by molar-refractivity contribution is 7.98. The van der Waals surface area contributed by atoms with Crippen molar-refractivity contribution in [3.05, 3.63) is 65.4 Å². The molecule has 2 aromatic carbocycles. The lowest BCUT2D eigenvalue weighted by Gasteiger charge is -2.03. The smallest absolute Gasteiger partial charge is 0.186 e. The zero-order chi connectivity index (χ0) is 14.9. The number of thioether (sulfide) groups is 1. The fraction of sp³-hybridized carbons (Fsp3) is 0.0588. The third kappa shape index (κ3) is 2.34. The van der Waals surface area contributed by atoms with E-state index in [4.69, 9.17) is 16.0 Å². The predicted molar refractivity (Wildman–Crippen MR) is 90.3 cm³/mol. The number of aromatic nitrogens is 2. The van der Waals surface area contributed by atoms with Gasteiger partial charge in [0.25, 0.3) is 0 Å². The van der Waals surface area contributed by atoms with Gasteiger partial charge >= 0.3 is 0 Å². The van der Waals surface area contributed by atoms with Gasteiger partial charge in [-0.25, -0.2) is 9.97 Å². The van der Waals surface area contributed by atoms with Gasteiger partial charge in [0.05, 0.1) is 0 Å². The van der Waals surface area contributed by atoms with Crippen LogP contribution < -0.4 is 0 Å². The molecule has 0 fully saturated rings. The number of rotatable bonds is 3. The van der Waals surface area contributed by atoms with E-state index in [2.05, 4.69) is 9.97 Å². The van der Waals surface area contributed by atoms with Crippen LogP contribution in [0.15, 0.2) is 64.3 Å². The molecule has 4 rings (SSSR count). The summed E-state index contributed by atoms with van der Waals surface area (Å²) in [4.78, 5) is 8.72. The van der Waals surface area contributed by atoms with E-state index in [1.807, 2.05) is 48.5 Å². The molecule has 2 aromatic heterocycles. The Bertz CT molecular complexity index is 967. The maximum absolute atomic E-state index is 6.20. The van der Waals surface area contributed by atoms with Crippen LogP contribution in [0.5, 0.6) is 0 Å². The first-order valence-corrected chi connectivity index (χ1v) is 8.18. The second-order valence-electron chi connectivity index (χ2n) is 4.83. The number of para-hydroxylation sites is 1. The lowest BCUT2D eigenvalue weighted by Crippen LogP contribution is -1.86. The van der Waals surface area contributed by atoms with Gasteiger partial charge in [-0.05, 0) is 23.8 Å². The third-order valence-corrected chi connectivity index (χ3v) is 4.84. The van der Waals surface area contributed by atoms with Gasteiger partial charge in [0.1, 0.15) is 22.5 Å². The molecule has 0 N–H and O–H groups in total. The summed E-state index contributed by atoms with van der Waals surface area (Å²) in [7, 11) is 0. The molecule has 5 heteroatoms. The molecular formula is C17H11ClN2OS. The molecule has 108 valence electrons. The number of hydrogen-bond donors (Lipinski definition) is 0. The third-order valence-electron chi connectivity index (χ3n) is 3.45. The van der Waals surface area contributed by atoms with Gasteiger partial charge in [-0.15, -0.1) is 0 Å². The minimum atomic E-state index is 0.737. The Morgan fingerprint density at radius 3 is 2.73 bits per heavy atom. The first-order valence-electron chi connectivity index (χ1n) is 6.81. The monoisotopic (exact) mass is 326 g/mol. The van der Waals surface area contributed by atoms with Gasteiger partial charge in [-0.3, -0.25) is 0 Å². The predicted octanol–water partition coefficient (Wildman–Crippen LogP) is 5.32. The Morgan fingerprint density at radius 1 is 1.00 bits per heavy atom. The van der Waals surface area contributed by atoms with Gasteiger partial charge in [0, 0.05) is 16.2 Å². The molecule has 0 unspecified atom stereocenters. The number of furan rings is 1. The quantitative estimate of drug-likeness (QED) is 0.377. The summed E-state index contributed by atoms with van der Waals surface area (Å²) in [5, 5.41) is 2.62. The molecule has 0 saturated carbocycles. The van der Waals surface area contributed by atoms with E-state index in [0.717, 1.165) is 43.4 Å². The SMILES string of the molecule is Clc1ccccc1CSc1ncnc2c1oc1ccccc12. The molecule has 0 saturated heterocycles. The van der Waals surface area contributed by atoms with Crippen LogP contribution in [0.2, 0.25) is 5.02 Å². The molecule has 2 heterocycles. The Balaban J connectivity index is 1.74. The van der Waals surface area contributed by atoms with Crippen molar-refractivity contribution in [2.75, 3.05) is 0 Å². The molecule has 4 aromatic rings. The van der Waals surface area contributed by atoms with E-state index in [0.29, 0.717) is 0 Å². The van der Waals surface area contributed by atoms with Crippen molar-refractivity contribution in [1.29, 1.82) is 0 Å². The zero-order valence-electron chi connectivity index (χ0n) is 11.5. The molecule has 0 atom stereocenters. The summed E-state index contributed by atoms with van der Waals surface area (Å²) < 4.78 is 5.92. The van der Waals surface area contributed by atoms with Crippen LogP contribution in [0.25, 0.3) is 22.1 Å². The number of nitrogens with zero attached hydrogens (tertiary/aromatic N) is 2.